The summed E-state index contributed by atoms with van der Waals surface area (Å²) in [5.74, 6) is -1.16. The van der Waals surface area contributed by atoms with Crippen LogP contribution in [0.1, 0.15) is 10.4 Å². The number of pyridine rings is 1. The van der Waals surface area contributed by atoms with Crippen molar-refractivity contribution in [2.24, 2.45) is 5.73 Å². The van der Waals surface area contributed by atoms with Gasteiger partial charge in [-0.2, -0.15) is 0 Å². The fraction of sp³-hybridized carbons (Fsp3) is 0. The van der Waals surface area contributed by atoms with Gasteiger partial charge in [-0.1, -0.05) is 23.7 Å². The normalized spacial score (nSPS) is 10.5. The van der Waals surface area contributed by atoms with E-state index in [9.17, 15) is 9.18 Å². The van der Waals surface area contributed by atoms with Gasteiger partial charge >= 0.3 is 0 Å². The summed E-state index contributed by atoms with van der Waals surface area (Å²) >= 11 is 5.90. The summed E-state index contributed by atoms with van der Waals surface area (Å²) in [5, 5.41) is 0.514. The van der Waals surface area contributed by atoms with Gasteiger partial charge in [-0.25, -0.2) is 4.39 Å². The van der Waals surface area contributed by atoms with Crippen LogP contribution >= 0.6 is 11.6 Å². The summed E-state index contributed by atoms with van der Waals surface area (Å²) in [6, 6.07) is 4.35. The Morgan fingerprint density at radius 3 is 2.87 bits per heavy atom. The third kappa shape index (κ3) is 1.53. The molecular weight excluding hydrogens is 219 g/mol. The molecule has 0 unspecified atom stereocenters. The van der Waals surface area contributed by atoms with E-state index in [4.69, 9.17) is 17.3 Å². The first-order valence-corrected chi connectivity index (χ1v) is 4.51. The summed E-state index contributed by atoms with van der Waals surface area (Å²) in [6.45, 7) is 0. The van der Waals surface area contributed by atoms with E-state index in [0.717, 1.165) is 0 Å². The molecule has 0 fully saturated rings. The van der Waals surface area contributed by atoms with E-state index in [1.807, 2.05) is 0 Å². The highest BCUT2D eigenvalue weighted by molar-refractivity contribution is 6.38. The Balaban J connectivity index is 2.86. The molecule has 15 heavy (non-hydrogen) atoms. The maximum atomic E-state index is 13.3. The molecule has 2 aromatic rings. The molecule has 0 aliphatic heterocycles. The van der Waals surface area contributed by atoms with E-state index in [1.54, 1.807) is 6.07 Å². The fourth-order valence-electron chi connectivity index (χ4n) is 1.33. The quantitative estimate of drug-likeness (QED) is 0.807. The number of para-hydroxylation sites is 1. The molecule has 5 heteroatoms. The second-order valence-corrected chi connectivity index (χ2v) is 3.36. The number of primary amides is 1. The molecule has 0 radical (unpaired) electrons. The first kappa shape index (κ1) is 9.86. The van der Waals surface area contributed by atoms with E-state index in [2.05, 4.69) is 4.98 Å². The Hall–Kier alpha value is -1.68. The second kappa shape index (κ2) is 3.47. The molecule has 0 atom stereocenters. The van der Waals surface area contributed by atoms with E-state index in [-0.39, 0.29) is 16.1 Å². The minimum atomic E-state index is -0.682. The van der Waals surface area contributed by atoms with E-state index < -0.39 is 11.7 Å². The number of halogens is 2. The molecule has 1 amide bonds. The molecule has 1 heterocycles. The Morgan fingerprint density at radius 1 is 1.47 bits per heavy atom. The number of nitrogens with two attached hydrogens (primary N) is 1. The van der Waals surface area contributed by atoms with E-state index >= 15 is 0 Å². The predicted octanol–water partition coefficient (Wildman–Crippen LogP) is 2.13. The molecule has 2 N–H and O–H groups in total. The minimum absolute atomic E-state index is 0.0924. The summed E-state index contributed by atoms with van der Waals surface area (Å²) in [4.78, 5) is 14.8. The molecule has 76 valence electrons. The zero-order valence-electron chi connectivity index (χ0n) is 7.50. The fourth-order valence-corrected chi connectivity index (χ4v) is 1.62. The standard InChI is InChI=1S/C10H6ClFN2O/c11-8-5-2-1-3-7(12)9(5)14-4-6(8)10(13)15/h1-4H,(H2,13,15). The monoisotopic (exact) mass is 224 g/mol. The molecule has 2 rings (SSSR count). The highest BCUT2D eigenvalue weighted by Gasteiger charge is 2.12. The molecule has 0 aliphatic rings. The van der Waals surface area contributed by atoms with Crippen LogP contribution in [-0.2, 0) is 0 Å². The molecule has 0 bridgehead atoms. The van der Waals surface area contributed by atoms with E-state index in [1.165, 1.54) is 18.3 Å². The number of nitrogens with zero attached hydrogens (tertiary/aromatic N) is 1. The summed E-state index contributed by atoms with van der Waals surface area (Å²) in [7, 11) is 0. The van der Waals surface area contributed by atoms with Gasteiger partial charge in [0.25, 0.3) is 5.91 Å². The second-order valence-electron chi connectivity index (χ2n) is 2.99. The lowest BCUT2D eigenvalue weighted by Gasteiger charge is -2.04. The summed E-state index contributed by atoms with van der Waals surface area (Å²) in [5.41, 5.74) is 5.31. The number of carbonyl (C=O) groups is 1. The Labute approximate surface area is 89.7 Å². The van der Waals surface area contributed by atoms with Crippen LogP contribution in [0.15, 0.2) is 24.4 Å². The van der Waals surface area contributed by atoms with Crippen molar-refractivity contribution >= 4 is 28.4 Å². The number of hydrogen-bond donors (Lipinski definition) is 1. The summed E-state index contributed by atoms with van der Waals surface area (Å²) in [6.07, 6.45) is 1.18. The highest BCUT2D eigenvalue weighted by Crippen LogP contribution is 2.26. The van der Waals surface area contributed by atoms with Gasteiger partial charge in [0.1, 0.15) is 11.3 Å². The van der Waals surface area contributed by atoms with Crippen molar-refractivity contribution in [3.05, 3.63) is 40.8 Å². The van der Waals surface area contributed by atoms with Crippen molar-refractivity contribution in [3.8, 4) is 0 Å². The molecular formula is C10H6ClFN2O. The van der Waals surface area contributed by atoms with Crippen LogP contribution in [-0.4, -0.2) is 10.9 Å². The van der Waals surface area contributed by atoms with Gasteiger partial charge in [-0.3, -0.25) is 9.78 Å². The lowest BCUT2D eigenvalue weighted by atomic mass is 10.1. The lowest BCUT2D eigenvalue weighted by molar-refractivity contribution is 0.100. The average Bonchev–Trinajstić information content (AvgIpc) is 2.19. The number of aromatic nitrogens is 1. The Kier molecular flexibility index (Phi) is 2.28. The third-order valence-corrected chi connectivity index (χ3v) is 2.46. The maximum Gasteiger partial charge on any atom is 0.251 e. The Morgan fingerprint density at radius 2 is 2.20 bits per heavy atom. The average molecular weight is 225 g/mol. The maximum absolute atomic E-state index is 13.3. The number of benzene rings is 1. The predicted molar refractivity (Wildman–Crippen MR) is 55.2 cm³/mol. The van der Waals surface area contributed by atoms with Gasteiger partial charge in [-0.05, 0) is 6.07 Å². The van der Waals surface area contributed by atoms with E-state index in [0.29, 0.717) is 5.39 Å². The van der Waals surface area contributed by atoms with Crippen molar-refractivity contribution in [1.29, 1.82) is 0 Å². The molecule has 1 aromatic carbocycles. The van der Waals surface area contributed by atoms with Crippen LogP contribution in [0.3, 0.4) is 0 Å². The molecule has 0 spiro atoms. The van der Waals surface area contributed by atoms with Crippen LogP contribution in [0.4, 0.5) is 4.39 Å². The molecule has 0 aliphatic carbocycles. The Bertz CT molecular complexity index is 556. The first-order valence-electron chi connectivity index (χ1n) is 4.14. The van der Waals surface area contributed by atoms with Crippen LogP contribution in [0.5, 0.6) is 0 Å². The number of fused-ring (bicyclic) bond motifs is 1. The zero-order chi connectivity index (χ0) is 11.0. The topological polar surface area (TPSA) is 56.0 Å². The highest BCUT2D eigenvalue weighted by atomic mass is 35.5. The lowest BCUT2D eigenvalue weighted by Crippen LogP contribution is -2.12. The van der Waals surface area contributed by atoms with Crippen LogP contribution in [0, 0.1) is 5.82 Å². The molecule has 0 saturated carbocycles. The van der Waals surface area contributed by atoms with Gasteiger partial charge in [-0.15, -0.1) is 0 Å². The van der Waals surface area contributed by atoms with Crippen LogP contribution in [0.2, 0.25) is 5.02 Å². The van der Waals surface area contributed by atoms with Crippen molar-refractivity contribution in [3.63, 3.8) is 0 Å². The van der Waals surface area contributed by atoms with Crippen LogP contribution in [0.25, 0.3) is 10.9 Å². The number of amides is 1. The van der Waals surface area contributed by atoms with Gasteiger partial charge < -0.3 is 5.73 Å². The molecule has 3 nitrogen and oxygen atoms in total. The number of carbonyl (C=O) groups excluding carboxylic acids is 1. The van der Waals surface area contributed by atoms with Gasteiger partial charge in [0.2, 0.25) is 0 Å². The van der Waals surface area contributed by atoms with Gasteiger partial charge in [0.05, 0.1) is 10.6 Å². The largest absolute Gasteiger partial charge is 0.366 e. The summed E-state index contributed by atoms with van der Waals surface area (Å²) < 4.78 is 13.3. The van der Waals surface area contributed by atoms with Gasteiger partial charge in [0, 0.05) is 11.6 Å². The van der Waals surface area contributed by atoms with Crippen molar-refractivity contribution in [1.82, 2.24) is 4.98 Å². The number of hydrogen-bond acceptors (Lipinski definition) is 2. The van der Waals surface area contributed by atoms with Crippen LogP contribution < -0.4 is 5.73 Å². The number of rotatable bonds is 1. The smallest absolute Gasteiger partial charge is 0.251 e. The zero-order valence-corrected chi connectivity index (χ0v) is 8.25. The SMILES string of the molecule is NC(=O)c1cnc2c(F)cccc2c1Cl. The van der Waals surface area contributed by atoms with Crippen molar-refractivity contribution < 1.29 is 9.18 Å². The van der Waals surface area contributed by atoms with Crippen molar-refractivity contribution in [2.75, 3.05) is 0 Å². The third-order valence-electron chi connectivity index (χ3n) is 2.05. The van der Waals surface area contributed by atoms with Gasteiger partial charge in [0.15, 0.2) is 0 Å². The minimum Gasteiger partial charge on any atom is -0.366 e. The first-order chi connectivity index (χ1) is 7.11. The molecule has 0 saturated heterocycles. The molecule has 1 aromatic heterocycles. The van der Waals surface area contributed by atoms with Crippen molar-refractivity contribution in [2.45, 2.75) is 0 Å².